The Bertz CT molecular complexity index is 785. The molecule has 4 nitrogen and oxygen atoms in total. The second-order valence-electron chi connectivity index (χ2n) is 7.26. The Balaban J connectivity index is 1.68. The molecule has 28 heavy (non-hydrogen) atoms. The highest BCUT2D eigenvalue weighted by Gasteiger charge is 2.17. The van der Waals surface area contributed by atoms with Crippen LogP contribution in [0.3, 0.4) is 0 Å². The number of nitrogens with one attached hydrogen (secondary N) is 1. The fourth-order valence-corrected chi connectivity index (χ4v) is 3.81. The molecule has 1 N–H and O–H groups in total. The zero-order valence-electron chi connectivity index (χ0n) is 16.4. The second kappa shape index (κ2) is 10.4. The van der Waals surface area contributed by atoms with Crippen molar-refractivity contribution in [2.45, 2.75) is 57.6 Å². The normalized spacial score (nSPS) is 15.4. The third-order valence-corrected chi connectivity index (χ3v) is 5.52. The lowest BCUT2D eigenvalue weighted by molar-refractivity contribution is 0.0930. The molecule has 0 atom stereocenters. The van der Waals surface area contributed by atoms with E-state index in [2.05, 4.69) is 5.32 Å². The van der Waals surface area contributed by atoms with Gasteiger partial charge in [0, 0.05) is 17.2 Å². The molecule has 2 aromatic rings. The van der Waals surface area contributed by atoms with Crippen LogP contribution in [0.4, 0.5) is 0 Å². The van der Waals surface area contributed by atoms with Crippen LogP contribution in [-0.4, -0.2) is 19.1 Å². The maximum atomic E-state index is 12.8. The highest BCUT2D eigenvalue weighted by atomic mass is 35.5. The number of hydrogen-bond acceptors (Lipinski definition) is 3. The molecule has 0 radical (unpaired) electrons. The first-order valence-corrected chi connectivity index (χ1v) is 10.4. The first-order valence-electron chi connectivity index (χ1n) is 10.0. The van der Waals surface area contributed by atoms with E-state index >= 15 is 0 Å². The number of benzene rings is 2. The molecule has 0 aromatic heterocycles. The molecular weight excluding hydrogens is 374 g/mol. The number of para-hydroxylation sites is 1. The fourth-order valence-electron chi connectivity index (χ4n) is 3.62. The van der Waals surface area contributed by atoms with Gasteiger partial charge in [-0.15, -0.1) is 0 Å². The lowest BCUT2D eigenvalue weighted by atomic mass is 9.96. The zero-order valence-corrected chi connectivity index (χ0v) is 17.1. The summed E-state index contributed by atoms with van der Waals surface area (Å²) in [7, 11) is 1.61. The molecule has 1 aliphatic rings. The van der Waals surface area contributed by atoms with Gasteiger partial charge in [-0.3, -0.25) is 4.79 Å². The average molecular weight is 402 g/mol. The van der Waals surface area contributed by atoms with Gasteiger partial charge in [-0.25, -0.2) is 0 Å². The average Bonchev–Trinajstić information content (AvgIpc) is 2.69. The Kier molecular flexibility index (Phi) is 7.61. The third kappa shape index (κ3) is 5.65. The Morgan fingerprint density at radius 2 is 1.75 bits per heavy atom. The van der Waals surface area contributed by atoms with Gasteiger partial charge in [-0.1, -0.05) is 55.8 Å². The summed E-state index contributed by atoms with van der Waals surface area (Å²) in [6.07, 6.45) is 8.33. The van der Waals surface area contributed by atoms with Crippen LogP contribution in [0.5, 0.6) is 11.5 Å². The second-order valence-corrected chi connectivity index (χ2v) is 7.67. The molecule has 0 saturated heterocycles. The number of hydrogen-bond donors (Lipinski definition) is 1. The van der Waals surface area contributed by atoms with Crippen LogP contribution in [0, 0.1) is 0 Å². The van der Waals surface area contributed by atoms with Crippen LogP contribution in [0.1, 0.15) is 60.9 Å². The summed E-state index contributed by atoms with van der Waals surface area (Å²) in [6, 6.07) is 13.1. The van der Waals surface area contributed by atoms with E-state index in [0.29, 0.717) is 22.1 Å². The number of rotatable bonds is 6. The van der Waals surface area contributed by atoms with Crippen molar-refractivity contribution in [3.63, 3.8) is 0 Å². The largest absolute Gasteiger partial charge is 0.496 e. The summed E-state index contributed by atoms with van der Waals surface area (Å²) in [5, 5.41) is 3.76. The standard InChI is InChI=1S/C23H28ClNO3/c1-27-21-14-13-17(23(26)25-19-9-5-3-2-4-6-10-19)15-18(21)16-28-22-12-8-7-11-20(22)24/h7-8,11-15,19H,2-6,9-10,16H2,1H3,(H,25,26). The number of ether oxygens (including phenoxy) is 2. The monoisotopic (exact) mass is 401 g/mol. The van der Waals surface area contributed by atoms with Crippen molar-refractivity contribution in [2.75, 3.05) is 7.11 Å². The molecule has 1 amide bonds. The molecule has 3 rings (SSSR count). The number of amides is 1. The van der Waals surface area contributed by atoms with Crippen LogP contribution in [0.2, 0.25) is 5.02 Å². The van der Waals surface area contributed by atoms with Crippen LogP contribution in [0.25, 0.3) is 0 Å². The van der Waals surface area contributed by atoms with Gasteiger partial charge >= 0.3 is 0 Å². The van der Waals surface area contributed by atoms with Gasteiger partial charge in [0.15, 0.2) is 0 Å². The smallest absolute Gasteiger partial charge is 0.251 e. The lowest BCUT2D eigenvalue weighted by Gasteiger charge is -2.21. The van der Waals surface area contributed by atoms with Crippen LogP contribution in [-0.2, 0) is 6.61 Å². The third-order valence-electron chi connectivity index (χ3n) is 5.20. The van der Waals surface area contributed by atoms with Crippen molar-refractivity contribution in [1.82, 2.24) is 5.32 Å². The molecule has 0 heterocycles. The summed E-state index contributed by atoms with van der Waals surface area (Å²) >= 11 is 6.16. The molecule has 1 aliphatic carbocycles. The lowest BCUT2D eigenvalue weighted by Crippen LogP contribution is -2.35. The van der Waals surface area contributed by atoms with E-state index in [1.807, 2.05) is 30.3 Å². The van der Waals surface area contributed by atoms with Gasteiger partial charge in [0.05, 0.1) is 12.1 Å². The number of methoxy groups -OCH3 is 1. The molecule has 2 aromatic carbocycles. The van der Waals surface area contributed by atoms with Gasteiger partial charge in [0.25, 0.3) is 5.91 Å². The molecular formula is C23H28ClNO3. The van der Waals surface area contributed by atoms with E-state index in [1.165, 1.54) is 32.1 Å². The van der Waals surface area contributed by atoms with Gasteiger partial charge < -0.3 is 14.8 Å². The van der Waals surface area contributed by atoms with Crippen LogP contribution in [0.15, 0.2) is 42.5 Å². The van der Waals surface area contributed by atoms with Crippen molar-refractivity contribution >= 4 is 17.5 Å². The van der Waals surface area contributed by atoms with Crippen molar-refractivity contribution in [3.05, 3.63) is 58.6 Å². The maximum Gasteiger partial charge on any atom is 0.251 e. The zero-order chi connectivity index (χ0) is 19.8. The molecule has 150 valence electrons. The van der Waals surface area contributed by atoms with E-state index in [4.69, 9.17) is 21.1 Å². The molecule has 0 spiro atoms. The summed E-state index contributed by atoms with van der Waals surface area (Å²) in [6.45, 7) is 0.275. The Hall–Kier alpha value is -2.20. The Morgan fingerprint density at radius 1 is 1.04 bits per heavy atom. The predicted molar refractivity (Wildman–Crippen MR) is 112 cm³/mol. The highest BCUT2D eigenvalue weighted by Crippen LogP contribution is 2.27. The molecule has 5 heteroatoms. The molecule has 1 saturated carbocycles. The minimum Gasteiger partial charge on any atom is -0.496 e. The van der Waals surface area contributed by atoms with E-state index in [9.17, 15) is 4.79 Å². The first kappa shape index (κ1) is 20.5. The molecule has 0 aliphatic heterocycles. The maximum absolute atomic E-state index is 12.8. The minimum absolute atomic E-state index is 0.0350. The highest BCUT2D eigenvalue weighted by molar-refractivity contribution is 6.32. The molecule has 0 bridgehead atoms. The summed E-state index contributed by atoms with van der Waals surface area (Å²) < 4.78 is 11.3. The first-order chi connectivity index (χ1) is 13.7. The van der Waals surface area contributed by atoms with Crippen molar-refractivity contribution in [2.24, 2.45) is 0 Å². The van der Waals surface area contributed by atoms with Gasteiger partial charge in [-0.05, 0) is 43.2 Å². The number of carbonyl (C=O) groups is 1. The van der Waals surface area contributed by atoms with Crippen molar-refractivity contribution in [1.29, 1.82) is 0 Å². The SMILES string of the molecule is COc1ccc(C(=O)NC2CCCCCCC2)cc1COc1ccccc1Cl. The van der Waals surface area contributed by atoms with Gasteiger partial charge in [0.1, 0.15) is 18.1 Å². The van der Waals surface area contributed by atoms with Gasteiger partial charge in [-0.2, -0.15) is 0 Å². The number of carbonyl (C=O) groups excluding carboxylic acids is 1. The Morgan fingerprint density at radius 3 is 2.46 bits per heavy atom. The summed E-state index contributed by atoms with van der Waals surface area (Å²) in [5.74, 6) is 1.26. The van der Waals surface area contributed by atoms with Crippen LogP contribution < -0.4 is 14.8 Å². The van der Waals surface area contributed by atoms with E-state index < -0.39 is 0 Å². The van der Waals surface area contributed by atoms with E-state index in [1.54, 1.807) is 19.2 Å². The molecule has 0 unspecified atom stereocenters. The van der Waals surface area contributed by atoms with Crippen LogP contribution >= 0.6 is 11.6 Å². The number of halogens is 1. The Labute approximate surface area is 172 Å². The molecule has 1 fully saturated rings. The summed E-state index contributed by atoms with van der Waals surface area (Å²) in [4.78, 5) is 12.8. The fraction of sp³-hybridized carbons (Fsp3) is 0.435. The minimum atomic E-state index is -0.0350. The van der Waals surface area contributed by atoms with Crippen molar-refractivity contribution < 1.29 is 14.3 Å². The van der Waals surface area contributed by atoms with E-state index in [0.717, 1.165) is 18.4 Å². The topological polar surface area (TPSA) is 47.6 Å². The quantitative estimate of drug-likeness (QED) is 0.668. The van der Waals surface area contributed by atoms with Gasteiger partial charge in [0.2, 0.25) is 0 Å². The van der Waals surface area contributed by atoms with E-state index in [-0.39, 0.29) is 18.6 Å². The predicted octanol–water partition coefficient (Wildman–Crippen LogP) is 5.77. The van der Waals surface area contributed by atoms with Crippen molar-refractivity contribution in [3.8, 4) is 11.5 Å². The summed E-state index contributed by atoms with van der Waals surface area (Å²) in [5.41, 5.74) is 1.44.